The molecule has 1 heterocycles. The molecule has 16 nitrogen and oxygen atoms in total. The highest BCUT2D eigenvalue weighted by Gasteiger charge is 2.38. The zero-order valence-electron chi connectivity index (χ0n) is 26.3. The number of carbonyl (C=O) groups is 6. The average Bonchev–Trinajstić information content (AvgIpc) is 3.55. The molecule has 0 aliphatic rings. The molecule has 1 amide bonds. The Morgan fingerprint density at radius 2 is 1.50 bits per heavy atom. The molecule has 0 saturated carbocycles. The minimum Gasteiger partial charge on any atom is -0.491 e. The van der Waals surface area contributed by atoms with Crippen LogP contribution in [0.4, 0.5) is 26.3 Å². The number of imidazole rings is 1. The van der Waals surface area contributed by atoms with Crippen LogP contribution in [0.3, 0.4) is 0 Å². The molecule has 8 N–H and O–H groups in total. The van der Waals surface area contributed by atoms with Gasteiger partial charge in [-0.25, -0.2) is 19.4 Å². The van der Waals surface area contributed by atoms with E-state index in [0.29, 0.717) is 12.1 Å². The molecule has 0 fully saturated rings. The molecule has 3 aromatic rings. The molecular weight excluding hydrogens is 720 g/mol. The van der Waals surface area contributed by atoms with Crippen LogP contribution in [0.5, 0.6) is 5.75 Å². The quantitative estimate of drug-likeness (QED) is 0.0541. The van der Waals surface area contributed by atoms with E-state index in [-0.39, 0.29) is 42.2 Å². The summed E-state index contributed by atoms with van der Waals surface area (Å²) in [5.74, 6) is -9.83. The lowest BCUT2D eigenvalue weighted by Crippen LogP contribution is -2.39. The van der Waals surface area contributed by atoms with E-state index >= 15 is 0 Å². The van der Waals surface area contributed by atoms with Crippen LogP contribution in [0.15, 0.2) is 61.2 Å². The number of ketones is 1. The van der Waals surface area contributed by atoms with Gasteiger partial charge in [0, 0.05) is 48.5 Å². The van der Waals surface area contributed by atoms with Crippen molar-refractivity contribution in [3.05, 3.63) is 83.4 Å². The van der Waals surface area contributed by atoms with Crippen molar-refractivity contribution in [2.75, 3.05) is 6.61 Å². The van der Waals surface area contributed by atoms with Gasteiger partial charge in [-0.05, 0) is 30.2 Å². The number of aliphatic carboxylic acids is 4. The number of carbonyl (C=O) groups excluding carboxylic acids is 2. The van der Waals surface area contributed by atoms with Crippen LogP contribution in [0, 0.1) is 5.41 Å². The predicted octanol–water partition coefficient (Wildman–Crippen LogP) is 2.72. The van der Waals surface area contributed by atoms with E-state index in [1.165, 1.54) is 18.2 Å². The van der Waals surface area contributed by atoms with Crippen LogP contribution in [0.1, 0.15) is 39.9 Å². The number of amidine groups is 1. The second kappa shape index (κ2) is 19.6. The third kappa shape index (κ3) is 16.3. The van der Waals surface area contributed by atoms with Crippen molar-refractivity contribution in [3.8, 4) is 5.75 Å². The molecule has 0 aliphatic carbocycles. The summed E-state index contributed by atoms with van der Waals surface area (Å²) in [5, 5.41) is 42.8. The third-order valence-corrected chi connectivity index (χ3v) is 6.05. The van der Waals surface area contributed by atoms with Crippen LogP contribution in [0.2, 0.25) is 0 Å². The number of nitrogen functional groups attached to an aromatic ring is 1. The normalized spacial score (nSPS) is 11.3. The van der Waals surface area contributed by atoms with Gasteiger partial charge in [0.25, 0.3) is 5.91 Å². The van der Waals surface area contributed by atoms with Crippen molar-refractivity contribution in [1.82, 2.24) is 14.9 Å². The first kappa shape index (κ1) is 43.5. The standard InChI is InChI=1S/C26H27N5O7.2C2HF3O2/c27-24(28)18-5-4-17(11-21(32)26(36)37)22(12-18)38-14-20(6-7-23(33)34)30-25(35)19-3-1-2-16(10-19)13-31-9-8-29-15-31;2*3-2(4,5)1(6)7/h1-5,8-10,12,15,20H,6-7,11,13-14H2,(H3,27,28)(H,30,35)(H,33,34)(H,36,37);2*(H,6,7)/t20-;;/m1../s1. The molecule has 52 heavy (non-hydrogen) atoms. The van der Waals surface area contributed by atoms with Crippen molar-refractivity contribution in [3.63, 3.8) is 0 Å². The van der Waals surface area contributed by atoms with E-state index in [1.807, 2.05) is 10.6 Å². The summed E-state index contributed by atoms with van der Waals surface area (Å²) in [6.45, 7) is 0.334. The van der Waals surface area contributed by atoms with Gasteiger partial charge in [-0.15, -0.1) is 0 Å². The SMILES string of the molecule is N=C(N)c1ccc(CC(=O)C(=O)O)c(OC[C@@H](CCC(=O)O)NC(=O)c2cccc(Cn3ccnc3)c2)c1.O=C(O)C(F)(F)F.O=C(O)C(F)(F)F. The van der Waals surface area contributed by atoms with Crippen molar-refractivity contribution >= 4 is 41.4 Å². The summed E-state index contributed by atoms with van der Waals surface area (Å²) in [6, 6.07) is 10.5. The number of aromatic nitrogens is 2. The lowest BCUT2D eigenvalue weighted by atomic mass is 10.0. The summed E-state index contributed by atoms with van der Waals surface area (Å²) in [7, 11) is 0. The number of carboxylic acids is 4. The number of hydrogen-bond donors (Lipinski definition) is 7. The number of amides is 1. The Bertz CT molecular complexity index is 1720. The highest BCUT2D eigenvalue weighted by molar-refractivity contribution is 6.33. The van der Waals surface area contributed by atoms with Gasteiger partial charge in [-0.2, -0.15) is 26.3 Å². The number of carboxylic acid groups (broad SMARTS) is 4. The molecule has 282 valence electrons. The molecule has 0 saturated heterocycles. The van der Waals surface area contributed by atoms with Gasteiger partial charge in [0.15, 0.2) is 0 Å². The summed E-state index contributed by atoms with van der Waals surface area (Å²) in [4.78, 5) is 68.8. The van der Waals surface area contributed by atoms with Crippen molar-refractivity contribution in [2.45, 2.75) is 44.2 Å². The summed E-state index contributed by atoms with van der Waals surface area (Å²) in [5.41, 5.74) is 7.31. The summed E-state index contributed by atoms with van der Waals surface area (Å²) in [6.07, 6.45) is -5.72. The Balaban J connectivity index is 0.000000812. The Labute approximate surface area is 287 Å². The average molecular weight is 750 g/mol. The van der Waals surface area contributed by atoms with E-state index in [4.69, 9.17) is 45.9 Å². The van der Waals surface area contributed by atoms with E-state index in [1.54, 1.807) is 36.9 Å². The number of ether oxygens (including phenoxy) is 1. The first-order valence-corrected chi connectivity index (χ1v) is 14.0. The monoisotopic (exact) mass is 749 g/mol. The molecule has 0 unspecified atom stereocenters. The first-order valence-electron chi connectivity index (χ1n) is 14.0. The maximum absolute atomic E-state index is 13.0. The molecule has 0 aliphatic heterocycles. The fourth-order valence-electron chi connectivity index (χ4n) is 3.61. The number of halogens is 6. The van der Waals surface area contributed by atoms with E-state index in [0.717, 1.165) is 5.56 Å². The first-order chi connectivity index (χ1) is 24.0. The van der Waals surface area contributed by atoms with Crippen LogP contribution in [-0.2, 0) is 36.9 Å². The Hall–Kier alpha value is -6.48. The van der Waals surface area contributed by atoms with Gasteiger partial charge in [-0.1, -0.05) is 24.3 Å². The number of hydrogen-bond acceptors (Lipinski definition) is 9. The zero-order chi connectivity index (χ0) is 39.8. The number of nitrogens with one attached hydrogen (secondary N) is 2. The highest BCUT2D eigenvalue weighted by Crippen LogP contribution is 2.22. The van der Waals surface area contributed by atoms with Crippen molar-refractivity contribution in [1.29, 1.82) is 5.41 Å². The Kier molecular flexibility index (Phi) is 16.4. The van der Waals surface area contributed by atoms with Gasteiger partial charge in [0.2, 0.25) is 5.78 Å². The number of nitrogens with two attached hydrogens (primary N) is 1. The largest absolute Gasteiger partial charge is 0.491 e. The van der Waals surface area contributed by atoms with Gasteiger partial charge >= 0.3 is 36.2 Å². The van der Waals surface area contributed by atoms with E-state index in [9.17, 15) is 45.5 Å². The second-order valence-electron chi connectivity index (χ2n) is 10.1. The van der Waals surface area contributed by atoms with E-state index < -0.39 is 60.4 Å². The zero-order valence-corrected chi connectivity index (χ0v) is 26.3. The van der Waals surface area contributed by atoms with Gasteiger partial charge in [0.05, 0.1) is 12.4 Å². The van der Waals surface area contributed by atoms with Gasteiger partial charge in [0.1, 0.15) is 18.2 Å². The minimum absolute atomic E-state index is 0.0472. The van der Waals surface area contributed by atoms with Crippen LogP contribution in [0.25, 0.3) is 0 Å². The maximum atomic E-state index is 13.0. The number of rotatable bonds is 14. The molecule has 0 spiro atoms. The topological polar surface area (TPSA) is 272 Å². The van der Waals surface area contributed by atoms with Crippen LogP contribution >= 0.6 is 0 Å². The summed E-state index contributed by atoms with van der Waals surface area (Å²) >= 11 is 0. The van der Waals surface area contributed by atoms with E-state index in [2.05, 4.69) is 10.3 Å². The molecular formula is C30H29F6N5O11. The summed E-state index contributed by atoms with van der Waals surface area (Å²) < 4.78 is 71.1. The van der Waals surface area contributed by atoms with Gasteiger partial charge in [-0.3, -0.25) is 19.8 Å². The highest BCUT2D eigenvalue weighted by atomic mass is 19.4. The van der Waals surface area contributed by atoms with Crippen LogP contribution in [-0.4, -0.2) is 96.4 Å². The minimum atomic E-state index is -5.08. The molecule has 1 atom stereocenters. The predicted molar refractivity (Wildman–Crippen MR) is 163 cm³/mol. The van der Waals surface area contributed by atoms with Crippen molar-refractivity contribution < 1.29 is 80.3 Å². The van der Waals surface area contributed by atoms with Gasteiger partial charge < -0.3 is 40.8 Å². The second-order valence-corrected chi connectivity index (χ2v) is 10.1. The Morgan fingerprint density at radius 1 is 0.904 bits per heavy atom. The number of alkyl halides is 6. The molecule has 3 rings (SSSR count). The lowest BCUT2D eigenvalue weighted by Gasteiger charge is -2.20. The third-order valence-electron chi connectivity index (χ3n) is 6.05. The number of Topliss-reactive ketones (excluding diaryl/α,β-unsaturated/α-hetero) is 1. The Morgan fingerprint density at radius 3 is 1.98 bits per heavy atom. The lowest BCUT2D eigenvalue weighted by molar-refractivity contribution is -0.193. The molecule has 0 bridgehead atoms. The van der Waals surface area contributed by atoms with Crippen molar-refractivity contribution in [2.24, 2.45) is 5.73 Å². The van der Waals surface area contributed by atoms with Crippen LogP contribution < -0.4 is 15.8 Å². The molecule has 0 radical (unpaired) electrons. The maximum Gasteiger partial charge on any atom is 0.490 e. The molecule has 2 aromatic carbocycles. The molecule has 1 aromatic heterocycles. The number of benzene rings is 2. The number of nitrogens with zero attached hydrogens (tertiary/aromatic N) is 2. The fourth-order valence-corrected chi connectivity index (χ4v) is 3.61. The fraction of sp³-hybridized carbons (Fsp3) is 0.267. The smallest absolute Gasteiger partial charge is 0.490 e. The molecule has 22 heteroatoms.